The van der Waals surface area contributed by atoms with Crippen molar-refractivity contribution in [2.75, 3.05) is 0 Å². The topological polar surface area (TPSA) is 9.23 Å². The van der Waals surface area contributed by atoms with E-state index in [1.54, 1.807) is 0 Å². The third-order valence-electron chi connectivity index (χ3n) is 5.03. The van der Waals surface area contributed by atoms with Gasteiger partial charge in [-0.05, 0) is 30.5 Å². The van der Waals surface area contributed by atoms with Crippen LogP contribution in [0.4, 0.5) is 0 Å². The van der Waals surface area contributed by atoms with Crippen molar-refractivity contribution in [1.82, 2.24) is 0 Å². The van der Waals surface area contributed by atoms with Gasteiger partial charge in [-0.1, -0.05) is 91.0 Å². The third kappa shape index (κ3) is 2.62. The molecule has 0 aromatic heterocycles. The van der Waals surface area contributed by atoms with E-state index in [1.807, 2.05) is 0 Å². The molecular weight excluding hydrogens is 308 g/mol. The van der Waals surface area contributed by atoms with E-state index in [9.17, 15) is 0 Å². The smallest absolute Gasteiger partial charge is 0.146 e. The van der Waals surface area contributed by atoms with Crippen molar-refractivity contribution >= 4 is 10.5 Å². The third-order valence-corrected chi connectivity index (χ3v) is 6.05. The Balaban J connectivity index is 2.42. The molecule has 3 aromatic carbocycles. The lowest BCUT2D eigenvalue weighted by molar-refractivity contribution is 0.0665. The summed E-state index contributed by atoms with van der Waals surface area (Å²) in [5.41, 5.74) is 3.02. The molecule has 0 spiro atoms. The van der Waals surface area contributed by atoms with Crippen LogP contribution in [0, 0.1) is 0 Å². The molecule has 0 aliphatic heterocycles. The van der Waals surface area contributed by atoms with Gasteiger partial charge in [0.2, 0.25) is 0 Å². The lowest BCUT2D eigenvalue weighted by Gasteiger charge is -2.48. The van der Waals surface area contributed by atoms with Crippen molar-refractivity contribution in [2.45, 2.75) is 24.9 Å². The molecule has 122 valence electrons. The number of rotatable bonds is 5. The standard InChI is InChI=1S/C22H24OSi/c1-21(2,23-24)22(18-12-6-3-7-13-18,19-14-8-4-9-15-19)20-16-10-5-11-17-20/h3-17H,1-2,24H3. The summed E-state index contributed by atoms with van der Waals surface area (Å²) in [7, 11) is 0.682. The Bertz CT molecular complexity index is 670. The van der Waals surface area contributed by atoms with Gasteiger partial charge in [-0.15, -0.1) is 0 Å². The van der Waals surface area contributed by atoms with Gasteiger partial charge in [-0.25, -0.2) is 0 Å². The minimum Gasteiger partial charge on any atom is -0.421 e. The second kappa shape index (κ2) is 6.76. The maximum Gasteiger partial charge on any atom is 0.146 e. The zero-order valence-electron chi connectivity index (χ0n) is 14.6. The van der Waals surface area contributed by atoms with Crippen LogP contribution >= 0.6 is 0 Å². The fraction of sp³-hybridized carbons (Fsp3) is 0.182. The molecule has 0 radical (unpaired) electrons. The van der Waals surface area contributed by atoms with E-state index < -0.39 is 0 Å². The highest BCUT2D eigenvalue weighted by molar-refractivity contribution is 5.98. The van der Waals surface area contributed by atoms with Gasteiger partial charge >= 0.3 is 0 Å². The molecular formula is C22H24OSi. The van der Waals surface area contributed by atoms with Gasteiger partial charge in [0.25, 0.3) is 0 Å². The van der Waals surface area contributed by atoms with Crippen LogP contribution in [0.3, 0.4) is 0 Å². The quantitative estimate of drug-likeness (QED) is 0.505. The molecule has 0 aliphatic carbocycles. The predicted octanol–water partition coefficient (Wildman–Crippen LogP) is 4.10. The molecule has 1 nitrogen and oxygen atoms in total. The van der Waals surface area contributed by atoms with E-state index in [-0.39, 0.29) is 11.0 Å². The Morgan fingerprint density at radius 1 is 0.583 bits per heavy atom. The lowest BCUT2D eigenvalue weighted by atomic mass is 9.60. The van der Waals surface area contributed by atoms with Crippen LogP contribution in [-0.4, -0.2) is 16.1 Å². The molecule has 0 N–H and O–H groups in total. The van der Waals surface area contributed by atoms with Crippen LogP contribution in [0.15, 0.2) is 91.0 Å². The highest BCUT2D eigenvalue weighted by Gasteiger charge is 2.49. The molecule has 0 fully saturated rings. The van der Waals surface area contributed by atoms with Crippen LogP contribution < -0.4 is 0 Å². The minimum absolute atomic E-state index is 0.363. The van der Waals surface area contributed by atoms with E-state index >= 15 is 0 Å². The summed E-state index contributed by atoms with van der Waals surface area (Å²) in [5.74, 6) is 0. The van der Waals surface area contributed by atoms with Gasteiger partial charge in [-0.3, -0.25) is 0 Å². The normalized spacial score (nSPS) is 12.2. The van der Waals surface area contributed by atoms with Crippen LogP contribution in [-0.2, 0) is 9.84 Å². The first-order valence-corrected chi connectivity index (χ1v) is 9.16. The Morgan fingerprint density at radius 3 is 1.12 bits per heavy atom. The van der Waals surface area contributed by atoms with Crippen molar-refractivity contribution in [3.63, 3.8) is 0 Å². The number of hydrogen-bond acceptors (Lipinski definition) is 1. The average molecular weight is 333 g/mol. The van der Waals surface area contributed by atoms with Crippen LogP contribution in [0.25, 0.3) is 0 Å². The van der Waals surface area contributed by atoms with Crippen molar-refractivity contribution in [2.24, 2.45) is 0 Å². The monoisotopic (exact) mass is 332 g/mol. The molecule has 0 heterocycles. The van der Waals surface area contributed by atoms with Gasteiger partial charge in [0, 0.05) is 0 Å². The van der Waals surface area contributed by atoms with E-state index in [1.165, 1.54) is 16.7 Å². The Hall–Kier alpha value is -2.16. The number of benzene rings is 3. The van der Waals surface area contributed by atoms with Crippen molar-refractivity contribution in [3.8, 4) is 0 Å². The molecule has 0 amide bonds. The average Bonchev–Trinajstić information content (AvgIpc) is 2.65. The van der Waals surface area contributed by atoms with Gasteiger partial charge in [0.05, 0.1) is 11.0 Å². The SMILES string of the molecule is CC(C)(O[SiH3])C(c1ccccc1)(c1ccccc1)c1ccccc1. The second-order valence-electron chi connectivity index (χ2n) is 6.56. The highest BCUT2D eigenvalue weighted by Crippen LogP contribution is 2.48. The molecule has 24 heavy (non-hydrogen) atoms. The van der Waals surface area contributed by atoms with Crippen molar-refractivity contribution in [1.29, 1.82) is 0 Å². The second-order valence-corrected chi connectivity index (χ2v) is 6.97. The Morgan fingerprint density at radius 2 is 0.875 bits per heavy atom. The molecule has 0 bridgehead atoms. The molecule has 0 unspecified atom stereocenters. The maximum atomic E-state index is 6.21. The van der Waals surface area contributed by atoms with Gasteiger partial charge in [-0.2, -0.15) is 0 Å². The fourth-order valence-electron chi connectivity index (χ4n) is 3.76. The van der Waals surface area contributed by atoms with Crippen molar-refractivity contribution in [3.05, 3.63) is 108 Å². The molecule has 3 aromatic rings. The summed E-state index contributed by atoms with van der Waals surface area (Å²) in [4.78, 5) is 0. The summed E-state index contributed by atoms with van der Waals surface area (Å²) in [6, 6.07) is 32.1. The Labute approximate surface area is 147 Å². The number of hydrogen-bond donors (Lipinski definition) is 0. The van der Waals surface area contributed by atoms with Crippen molar-refractivity contribution < 1.29 is 4.43 Å². The zero-order valence-corrected chi connectivity index (χ0v) is 16.6. The largest absolute Gasteiger partial charge is 0.421 e. The molecule has 3 rings (SSSR count). The van der Waals surface area contributed by atoms with Gasteiger partial charge < -0.3 is 4.43 Å². The summed E-state index contributed by atoms with van der Waals surface area (Å²) in [5, 5.41) is 0. The predicted molar refractivity (Wildman–Crippen MR) is 104 cm³/mol. The molecule has 0 atom stereocenters. The summed E-state index contributed by atoms with van der Waals surface area (Å²) < 4.78 is 6.21. The molecule has 0 saturated heterocycles. The molecule has 0 saturated carbocycles. The highest BCUT2D eigenvalue weighted by atomic mass is 28.2. The fourth-order valence-corrected chi connectivity index (χ4v) is 4.07. The summed E-state index contributed by atoms with van der Waals surface area (Å²) in [6.45, 7) is 4.40. The summed E-state index contributed by atoms with van der Waals surface area (Å²) >= 11 is 0. The zero-order chi connectivity index (χ0) is 17.0. The van der Waals surface area contributed by atoms with E-state index in [2.05, 4.69) is 105 Å². The minimum atomic E-state index is -0.372. The summed E-state index contributed by atoms with van der Waals surface area (Å²) in [6.07, 6.45) is 0. The van der Waals surface area contributed by atoms with E-state index in [4.69, 9.17) is 4.43 Å². The van der Waals surface area contributed by atoms with Crippen LogP contribution in [0.2, 0.25) is 0 Å². The van der Waals surface area contributed by atoms with Crippen LogP contribution in [0.5, 0.6) is 0 Å². The van der Waals surface area contributed by atoms with Crippen LogP contribution in [0.1, 0.15) is 30.5 Å². The van der Waals surface area contributed by atoms with E-state index in [0.29, 0.717) is 10.5 Å². The van der Waals surface area contributed by atoms with Gasteiger partial charge in [0.1, 0.15) is 10.5 Å². The molecule has 0 aliphatic rings. The molecule has 2 heteroatoms. The van der Waals surface area contributed by atoms with E-state index in [0.717, 1.165) is 0 Å². The Kier molecular flexibility index (Phi) is 4.70. The first kappa shape index (κ1) is 16.7. The first-order valence-electron chi connectivity index (χ1n) is 8.34. The first-order chi connectivity index (χ1) is 11.6. The lowest BCUT2D eigenvalue weighted by Crippen LogP contribution is -2.50. The maximum absolute atomic E-state index is 6.21. The van der Waals surface area contributed by atoms with Gasteiger partial charge in [0.15, 0.2) is 0 Å².